The average molecular weight is 288 g/mol. The molecule has 1 atom stereocenters. The van der Waals surface area contributed by atoms with E-state index in [1.54, 1.807) is 6.92 Å². The summed E-state index contributed by atoms with van der Waals surface area (Å²) in [4.78, 5) is 12.1. The number of alkyl halides is 3. The summed E-state index contributed by atoms with van der Waals surface area (Å²) in [6.07, 6.45) is -4.02. The van der Waals surface area contributed by atoms with Crippen LogP contribution in [0.15, 0.2) is 12.1 Å². The van der Waals surface area contributed by atoms with E-state index in [0.29, 0.717) is 6.42 Å². The maximum Gasteiger partial charge on any atom is 0.420 e. The number of halogens is 3. The smallest absolute Gasteiger partial charge is 0.420 e. The van der Waals surface area contributed by atoms with Crippen molar-refractivity contribution in [2.45, 2.75) is 26.4 Å². The van der Waals surface area contributed by atoms with Gasteiger partial charge in [0.1, 0.15) is 18.8 Å². The predicted octanol–water partition coefficient (Wildman–Crippen LogP) is 3.71. The molecule has 1 aliphatic rings. The van der Waals surface area contributed by atoms with E-state index in [-0.39, 0.29) is 42.0 Å². The molecule has 3 nitrogen and oxygen atoms in total. The highest BCUT2D eigenvalue weighted by Crippen LogP contribution is 2.44. The normalized spacial score (nSPS) is 15.8. The first-order valence-electron chi connectivity index (χ1n) is 6.39. The van der Waals surface area contributed by atoms with Gasteiger partial charge in [-0.2, -0.15) is 13.2 Å². The summed E-state index contributed by atoms with van der Waals surface area (Å²) in [6.45, 7) is 3.73. The molecular formula is C14H15F3O3. The SMILES string of the molecule is CC[C@@H](C)C(=O)c1cc2c(c(C(F)(F)F)c1)OCCO2. The predicted molar refractivity (Wildman–Crippen MR) is 66.2 cm³/mol. The van der Waals surface area contributed by atoms with Crippen LogP contribution in [0.25, 0.3) is 0 Å². The third kappa shape index (κ3) is 2.73. The van der Waals surface area contributed by atoms with E-state index < -0.39 is 11.7 Å². The summed E-state index contributed by atoms with van der Waals surface area (Å²) < 4.78 is 49.4. The molecule has 1 heterocycles. The van der Waals surface area contributed by atoms with Gasteiger partial charge in [-0.3, -0.25) is 4.79 Å². The summed E-state index contributed by atoms with van der Waals surface area (Å²) in [5, 5.41) is 0. The van der Waals surface area contributed by atoms with Gasteiger partial charge < -0.3 is 9.47 Å². The second-order valence-electron chi connectivity index (χ2n) is 4.72. The zero-order chi connectivity index (χ0) is 14.9. The summed E-state index contributed by atoms with van der Waals surface area (Å²) in [7, 11) is 0. The Morgan fingerprint density at radius 3 is 2.55 bits per heavy atom. The summed E-state index contributed by atoms with van der Waals surface area (Å²) in [5.74, 6) is -1.00. The molecule has 0 aliphatic carbocycles. The minimum atomic E-state index is -4.59. The molecule has 0 saturated heterocycles. The Labute approximate surface area is 114 Å². The molecule has 0 saturated carbocycles. The van der Waals surface area contributed by atoms with Gasteiger partial charge in [0.25, 0.3) is 0 Å². The maximum atomic E-state index is 13.1. The van der Waals surface area contributed by atoms with Crippen LogP contribution in [0.4, 0.5) is 13.2 Å². The van der Waals surface area contributed by atoms with Gasteiger partial charge in [0.2, 0.25) is 0 Å². The summed E-state index contributed by atoms with van der Waals surface area (Å²) in [5.41, 5.74) is -0.947. The largest absolute Gasteiger partial charge is 0.486 e. The van der Waals surface area contributed by atoms with Gasteiger partial charge in [-0.1, -0.05) is 13.8 Å². The van der Waals surface area contributed by atoms with Crippen LogP contribution < -0.4 is 9.47 Å². The Morgan fingerprint density at radius 2 is 1.95 bits per heavy atom. The fraction of sp³-hybridized carbons (Fsp3) is 0.500. The van der Waals surface area contributed by atoms with Crippen LogP contribution in [-0.2, 0) is 6.18 Å². The molecule has 0 amide bonds. The molecule has 2 rings (SSSR count). The van der Waals surface area contributed by atoms with Crippen LogP contribution >= 0.6 is 0 Å². The lowest BCUT2D eigenvalue weighted by atomic mass is 9.95. The van der Waals surface area contributed by atoms with Gasteiger partial charge in [-0.05, 0) is 18.6 Å². The van der Waals surface area contributed by atoms with Crippen LogP contribution in [0, 0.1) is 5.92 Å². The highest BCUT2D eigenvalue weighted by atomic mass is 19.4. The van der Waals surface area contributed by atoms with Crippen molar-refractivity contribution in [1.29, 1.82) is 0 Å². The van der Waals surface area contributed by atoms with Crippen molar-refractivity contribution in [2.24, 2.45) is 5.92 Å². The van der Waals surface area contributed by atoms with Crippen molar-refractivity contribution in [3.05, 3.63) is 23.3 Å². The number of carbonyl (C=O) groups excluding carboxylic acids is 1. The van der Waals surface area contributed by atoms with Crippen molar-refractivity contribution in [3.63, 3.8) is 0 Å². The topological polar surface area (TPSA) is 35.5 Å². The van der Waals surface area contributed by atoms with Crippen LogP contribution in [0.5, 0.6) is 11.5 Å². The van der Waals surface area contributed by atoms with Crippen molar-refractivity contribution < 1.29 is 27.4 Å². The molecule has 0 radical (unpaired) electrons. The molecule has 6 heteroatoms. The van der Waals surface area contributed by atoms with Gasteiger partial charge >= 0.3 is 6.18 Å². The molecule has 0 bridgehead atoms. The fourth-order valence-electron chi connectivity index (χ4n) is 1.98. The zero-order valence-electron chi connectivity index (χ0n) is 11.2. The second-order valence-corrected chi connectivity index (χ2v) is 4.72. The molecule has 0 unspecified atom stereocenters. The van der Waals surface area contributed by atoms with Crippen molar-refractivity contribution in [1.82, 2.24) is 0 Å². The third-order valence-electron chi connectivity index (χ3n) is 3.29. The molecule has 0 aromatic heterocycles. The molecule has 0 N–H and O–H groups in total. The number of hydrogen-bond donors (Lipinski definition) is 0. The summed E-state index contributed by atoms with van der Waals surface area (Å²) >= 11 is 0. The number of ether oxygens (including phenoxy) is 2. The molecule has 0 spiro atoms. The van der Waals surface area contributed by atoms with Crippen LogP contribution in [0.1, 0.15) is 36.2 Å². The van der Waals surface area contributed by atoms with Gasteiger partial charge in [0.15, 0.2) is 17.3 Å². The highest BCUT2D eigenvalue weighted by Gasteiger charge is 2.38. The minimum absolute atomic E-state index is 0.0101. The van der Waals surface area contributed by atoms with Gasteiger partial charge in [0.05, 0.1) is 0 Å². The van der Waals surface area contributed by atoms with Crippen LogP contribution in [-0.4, -0.2) is 19.0 Å². The lowest BCUT2D eigenvalue weighted by molar-refractivity contribution is -0.139. The maximum absolute atomic E-state index is 13.1. The van der Waals surface area contributed by atoms with Crippen molar-refractivity contribution >= 4 is 5.78 Å². The Kier molecular flexibility index (Phi) is 3.92. The molecule has 20 heavy (non-hydrogen) atoms. The standard InChI is InChI=1S/C14H15F3O3/c1-3-8(2)12(18)9-6-10(14(15,16)17)13-11(7-9)19-4-5-20-13/h6-8H,3-5H2,1-2H3/t8-/m1/s1. The Morgan fingerprint density at radius 1 is 1.30 bits per heavy atom. The van der Waals surface area contributed by atoms with E-state index in [4.69, 9.17) is 9.47 Å². The number of carbonyl (C=O) groups is 1. The Bertz CT molecular complexity index is 523. The average Bonchev–Trinajstić information content (AvgIpc) is 2.43. The number of Topliss-reactive ketones (excluding diaryl/α,β-unsaturated/α-hetero) is 1. The Hall–Kier alpha value is -1.72. The van der Waals surface area contributed by atoms with E-state index in [2.05, 4.69) is 0 Å². The first kappa shape index (κ1) is 14.7. The Balaban J connectivity index is 2.53. The first-order valence-corrected chi connectivity index (χ1v) is 6.39. The van der Waals surface area contributed by atoms with Crippen molar-refractivity contribution in [2.75, 3.05) is 13.2 Å². The molecular weight excluding hydrogens is 273 g/mol. The molecule has 110 valence electrons. The van der Waals surface area contributed by atoms with Gasteiger partial charge in [0, 0.05) is 11.5 Å². The van der Waals surface area contributed by atoms with E-state index in [0.717, 1.165) is 6.07 Å². The molecule has 0 fully saturated rings. The van der Waals surface area contributed by atoms with Crippen LogP contribution in [0.2, 0.25) is 0 Å². The fourth-order valence-corrected chi connectivity index (χ4v) is 1.98. The number of hydrogen-bond acceptors (Lipinski definition) is 3. The van der Waals surface area contributed by atoms with E-state index in [1.807, 2.05) is 6.92 Å². The number of ketones is 1. The van der Waals surface area contributed by atoms with E-state index >= 15 is 0 Å². The number of fused-ring (bicyclic) bond motifs is 1. The molecule has 1 aliphatic heterocycles. The highest BCUT2D eigenvalue weighted by molar-refractivity contribution is 5.98. The zero-order valence-corrected chi connectivity index (χ0v) is 11.2. The number of benzene rings is 1. The third-order valence-corrected chi connectivity index (χ3v) is 3.29. The first-order chi connectivity index (χ1) is 9.34. The summed E-state index contributed by atoms with van der Waals surface area (Å²) in [6, 6.07) is 2.18. The van der Waals surface area contributed by atoms with Gasteiger partial charge in [-0.25, -0.2) is 0 Å². The van der Waals surface area contributed by atoms with E-state index in [1.165, 1.54) is 6.07 Å². The molecule has 1 aromatic carbocycles. The van der Waals surface area contributed by atoms with Gasteiger partial charge in [-0.15, -0.1) is 0 Å². The minimum Gasteiger partial charge on any atom is -0.486 e. The van der Waals surface area contributed by atoms with Crippen LogP contribution in [0.3, 0.4) is 0 Å². The quantitative estimate of drug-likeness (QED) is 0.795. The number of rotatable bonds is 3. The monoisotopic (exact) mass is 288 g/mol. The molecule has 1 aromatic rings. The van der Waals surface area contributed by atoms with E-state index in [9.17, 15) is 18.0 Å². The lowest BCUT2D eigenvalue weighted by Gasteiger charge is -2.23. The second kappa shape index (κ2) is 5.34. The lowest BCUT2D eigenvalue weighted by Crippen LogP contribution is -2.21. The van der Waals surface area contributed by atoms with Crippen molar-refractivity contribution in [3.8, 4) is 11.5 Å².